The van der Waals surface area contributed by atoms with E-state index in [0.717, 1.165) is 17.0 Å². The second kappa shape index (κ2) is 11.7. The van der Waals surface area contributed by atoms with Gasteiger partial charge in [0.2, 0.25) is 0 Å². The lowest BCUT2D eigenvalue weighted by Crippen LogP contribution is -2.21. The molecule has 1 unspecified atom stereocenters. The summed E-state index contributed by atoms with van der Waals surface area (Å²) in [6.07, 6.45) is 2.82. The van der Waals surface area contributed by atoms with Crippen LogP contribution in [0.4, 0.5) is 5.69 Å². The van der Waals surface area contributed by atoms with E-state index in [1.54, 1.807) is 42.5 Å². The standard InChI is InChI=1S/C27H23Cl3N4O2/c1-16-24(3-2-14-31-27(36)22-13-10-20(29)15-23(22)30)34-25(32-16)17-6-11-21(12-7-17)33-26(35)18-4-8-19(28)9-5-18/h2-13,15,27,31,36H,14H2,1H3,(H,32,34)(H,33,35)/b3-2-. The second-order valence-corrected chi connectivity index (χ2v) is 9.29. The number of rotatable bonds is 8. The lowest BCUT2D eigenvalue weighted by atomic mass is 10.1. The summed E-state index contributed by atoms with van der Waals surface area (Å²) >= 11 is 17.9. The molecule has 9 heteroatoms. The Morgan fingerprint density at radius 2 is 1.72 bits per heavy atom. The van der Waals surface area contributed by atoms with Gasteiger partial charge in [-0.2, -0.15) is 0 Å². The van der Waals surface area contributed by atoms with Crippen molar-refractivity contribution >= 4 is 52.5 Å². The van der Waals surface area contributed by atoms with E-state index in [2.05, 4.69) is 20.6 Å². The Kier molecular flexibility index (Phi) is 8.46. The van der Waals surface area contributed by atoms with Crippen molar-refractivity contribution in [1.29, 1.82) is 0 Å². The molecule has 1 amide bonds. The zero-order chi connectivity index (χ0) is 25.7. The van der Waals surface area contributed by atoms with Crippen LogP contribution in [0.15, 0.2) is 72.8 Å². The lowest BCUT2D eigenvalue weighted by Gasteiger charge is -2.13. The molecular weight excluding hydrogens is 519 g/mol. The van der Waals surface area contributed by atoms with Crippen LogP contribution < -0.4 is 10.6 Å². The van der Waals surface area contributed by atoms with Gasteiger partial charge >= 0.3 is 0 Å². The van der Waals surface area contributed by atoms with Gasteiger partial charge in [-0.3, -0.25) is 10.1 Å². The van der Waals surface area contributed by atoms with Crippen molar-refractivity contribution in [2.75, 3.05) is 11.9 Å². The third kappa shape index (κ3) is 6.55. The van der Waals surface area contributed by atoms with Crippen molar-refractivity contribution in [2.24, 2.45) is 0 Å². The minimum absolute atomic E-state index is 0.210. The maximum atomic E-state index is 12.4. The molecule has 0 bridgehead atoms. The molecule has 4 aromatic rings. The minimum atomic E-state index is -0.922. The van der Waals surface area contributed by atoms with Crippen LogP contribution in [-0.4, -0.2) is 27.5 Å². The number of hydrogen-bond donors (Lipinski definition) is 4. The number of aliphatic hydroxyl groups is 1. The monoisotopic (exact) mass is 540 g/mol. The van der Waals surface area contributed by atoms with Gasteiger partial charge in [-0.25, -0.2) is 4.98 Å². The first-order valence-electron chi connectivity index (χ1n) is 11.1. The van der Waals surface area contributed by atoms with Crippen LogP contribution in [-0.2, 0) is 0 Å². The number of aliphatic hydroxyl groups excluding tert-OH is 1. The molecule has 4 N–H and O–H groups in total. The molecule has 6 nitrogen and oxygen atoms in total. The molecule has 184 valence electrons. The van der Waals surface area contributed by atoms with Crippen LogP contribution in [0.1, 0.15) is 33.5 Å². The van der Waals surface area contributed by atoms with Crippen LogP contribution in [0.5, 0.6) is 0 Å². The highest BCUT2D eigenvalue weighted by molar-refractivity contribution is 6.35. The zero-order valence-corrected chi connectivity index (χ0v) is 21.5. The molecule has 0 radical (unpaired) electrons. The Hall–Kier alpha value is -3.13. The van der Waals surface area contributed by atoms with Crippen LogP contribution in [0, 0.1) is 6.92 Å². The zero-order valence-electron chi connectivity index (χ0n) is 19.2. The summed E-state index contributed by atoms with van der Waals surface area (Å²) in [4.78, 5) is 20.3. The second-order valence-electron chi connectivity index (χ2n) is 8.01. The predicted molar refractivity (Wildman–Crippen MR) is 147 cm³/mol. The summed E-state index contributed by atoms with van der Waals surface area (Å²) in [5.41, 5.74) is 4.33. The third-order valence-corrected chi connectivity index (χ3v) is 6.22. The van der Waals surface area contributed by atoms with Crippen molar-refractivity contribution in [2.45, 2.75) is 13.2 Å². The number of nitrogens with one attached hydrogen (secondary N) is 3. The number of H-pyrrole nitrogens is 1. The average molecular weight is 542 g/mol. The number of amides is 1. The summed E-state index contributed by atoms with van der Waals surface area (Å²) in [6.45, 7) is 2.34. The fourth-order valence-corrected chi connectivity index (χ4v) is 4.11. The quantitative estimate of drug-likeness (QED) is 0.183. The molecule has 1 heterocycles. The van der Waals surface area contributed by atoms with Crippen LogP contribution >= 0.6 is 34.8 Å². The number of benzene rings is 3. The van der Waals surface area contributed by atoms with Gasteiger partial charge in [0.25, 0.3) is 5.91 Å². The van der Waals surface area contributed by atoms with Gasteiger partial charge in [0.05, 0.1) is 5.69 Å². The first-order valence-corrected chi connectivity index (χ1v) is 12.2. The van der Waals surface area contributed by atoms with Gasteiger partial charge in [0, 0.05) is 49.7 Å². The number of carbonyl (C=O) groups is 1. The third-order valence-electron chi connectivity index (χ3n) is 5.41. The molecule has 1 aromatic heterocycles. The smallest absolute Gasteiger partial charge is 0.255 e. The average Bonchev–Trinajstić information content (AvgIpc) is 3.22. The Bertz CT molecular complexity index is 1380. The van der Waals surface area contributed by atoms with E-state index in [1.807, 2.05) is 43.3 Å². The minimum Gasteiger partial charge on any atom is -0.374 e. The largest absolute Gasteiger partial charge is 0.374 e. The van der Waals surface area contributed by atoms with E-state index >= 15 is 0 Å². The van der Waals surface area contributed by atoms with Gasteiger partial charge in [-0.15, -0.1) is 0 Å². The molecule has 0 spiro atoms. The number of aromatic nitrogens is 2. The summed E-state index contributed by atoms with van der Waals surface area (Å²) in [5, 5.41) is 17.7. The molecule has 3 aromatic carbocycles. The highest BCUT2D eigenvalue weighted by atomic mass is 35.5. The van der Waals surface area contributed by atoms with Gasteiger partial charge in [-0.1, -0.05) is 46.9 Å². The highest BCUT2D eigenvalue weighted by Gasteiger charge is 2.11. The first-order chi connectivity index (χ1) is 17.3. The molecule has 0 aliphatic heterocycles. The number of aryl methyl sites for hydroxylation is 1. The molecule has 0 fully saturated rings. The Labute approximate surface area is 223 Å². The molecule has 1 atom stereocenters. The van der Waals surface area contributed by atoms with E-state index in [0.29, 0.717) is 44.3 Å². The summed E-state index contributed by atoms with van der Waals surface area (Å²) in [5.74, 6) is 0.501. The number of nitrogens with zero attached hydrogens (tertiary/aromatic N) is 1. The maximum absolute atomic E-state index is 12.4. The summed E-state index contributed by atoms with van der Waals surface area (Å²) in [7, 11) is 0. The van der Waals surface area contributed by atoms with Crippen LogP contribution in [0.2, 0.25) is 15.1 Å². The Morgan fingerprint density at radius 3 is 2.42 bits per heavy atom. The number of imidazole rings is 1. The maximum Gasteiger partial charge on any atom is 0.255 e. The molecule has 0 aliphatic carbocycles. The molecule has 4 rings (SSSR count). The van der Waals surface area contributed by atoms with Crippen LogP contribution in [0.25, 0.3) is 17.5 Å². The van der Waals surface area contributed by atoms with Gasteiger partial charge in [0.15, 0.2) is 0 Å². The topological polar surface area (TPSA) is 90.0 Å². The van der Waals surface area contributed by atoms with E-state index in [1.165, 1.54) is 0 Å². The summed E-state index contributed by atoms with van der Waals surface area (Å²) < 4.78 is 0. The normalized spacial score (nSPS) is 12.1. The van der Waals surface area contributed by atoms with E-state index in [-0.39, 0.29) is 5.91 Å². The lowest BCUT2D eigenvalue weighted by molar-refractivity contribution is 0.102. The van der Waals surface area contributed by atoms with E-state index in [4.69, 9.17) is 34.8 Å². The van der Waals surface area contributed by atoms with Crippen molar-refractivity contribution in [3.8, 4) is 11.4 Å². The number of halogens is 3. The number of anilines is 1. The Balaban J connectivity index is 1.35. The van der Waals surface area contributed by atoms with E-state index < -0.39 is 6.23 Å². The van der Waals surface area contributed by atoms with Gasteiger partial charge in [0.1, 0.15) is 12.1 Å². The molecular formula is C27H23Cl3N4O2. The first kappa shape index (κ1) is 25.9. The number of aromatic amines is 1. The van der Waals surface area contributed by atoms with Gasteiger partial charge in [-0.05, 0) is 73.7 Å². The van der Waals surface area contributed by atoms with Crippen molar-refractivity contribution < 1.29 is 9.90 Å². The molecule has 0 aliphatic rings. The van der Waals surface area contributed by atoms with Gasteiger partial charge < -0.3 is 15.4 Å². The highest BCUT2D eigenvalue weighted by Crippen LogP contribution is 2.25. The molecule has 0 saturated carbocycles. The fourth-order valence-electron chi connectivity index (χ4n) is 3.47. The SMILES string of the molecule is Cc1[nH]c(-c2ccc(NC(=O)c3ccc(Cl)cc3)cc2)nc1/C=C\CNC(O)c1ccc(Cl)cc1Cl. The number of carbonyl (C=O) groups excluding carboxylic acids is 1. The van der Waals surface area contributed by atoms with E-state index in [9.17, 15) is 9.90 Å². The van der Waals surface area contributed by atoms with Crippen molar-refractivity contribution in [3.05, 3.63) is 110 Å². The fraction of sp³-hybridized carbons (Fsp3) is 0.111. The number of hydrogen-bond acceptors (Lipinski definition) is 4. The van der Waals surface area contributed by atoms with Crippen molar-refractivity contribution in [1.82, 2.24) is 15.3 Å². The van der Waals surface area contributed by atoms with Crippen molar-refractivity contribution in [3.63, 3.8) is 0 Å². The Morgan fingerprint density at radius 1 is 1.03 bits per heavy atom. The predicted octanol–water partition coefficient (Wildman–Crippen LogP) is 6.89. The summed E-state index contributed by atoms with van der Waals surface area (Å²) in [6, 6.07) is 19.1. The molecule has 36 heavy (non-hydrogen) atoms. The van der Waals surface area contributed by atoms with Crippen LogP contribution in [0.3, 0.4) is 0 Å². The molecule has 0 saturated heterocycles.